The third-order valence-corrected chi connectivity index (χ3v) is 3.47. The zero-order valence-electron chi connectivity index (χ0n) is 11.6. The lowest BCUT2D eigenvalue weighted by Crippen LogP contribution is -2.46. The molecule has 2 N–H and O–H groups in total. The molecule has 112 valence electrons. The van der Waals surface area contributed by atoms with Crippen molar-refractivity contribution in [2.45, 2.75) is 38.3 Å². The monoisotopic (exact) mass is 395 g/mol. The number of guanidine groups is 1. The van der Waals surface area contributed by atoms with Gasteiger partial charge in [-0.15, -0.1) is 24.0 Å². The van der Waals surface area contributed by atoms with Gasteiger partial charge >= 0.3 is 0 Å². The van der Waals surface area contributed by atoms with E-state index in [-0.39, 0.29) is 30.0 Å². The molecule has 2 rings (SSSR count). The molecule has 0 bridgehead atoms. The number of halogens is 3. The van der Waals surface area contributed by atoms with Crippen LogP contribution in [0.15, 0.2) is 23.2 Å². The maximum Gasteiger partial charge on any atom is 0.191 e. The van der Waals surface area contributed by atoms with Gasteiger partial charge < -0.3 is 10.6 Å². The summed E-state index contributed by atoms with van der Waals surface area (Å²) in [4.78, 5) is 4.14. The maximum atomic E-state index is 13.2. The number of hydrogen-bond acceptors (Lipinski definition) is 1. The predicted octanol–water partition coefficient (Wildman–Crippen LogP) is 3.36. The molecule has 0 saturated heterocycles. The van der Waals surface area contributed by atoms with Crippen molar-refractivity contribution in [2.24, 2.45) is 4.99 Å². The number of nitrogens with zero attached hydrogens (tertiary/aromatic N) is 1. The highest BCUT2D eigenvalue weighted by molar-refractivity contribution is 14.0. The molecule has 1 aromatic rings. The molecular formula is C14H20F2IN3. The van der Waals surface area contributed by atoms with Crippen molar-refractivity contribution in [3.63, 3.8) is 0 Å². The van der Waals surface area contributed by atoms with E-state index in [1.165, 1.54) is 12.5 Å². The van der Waals surface area contributed by atoms with E-state index in [0.29, 0.717) is 17.6 Å². The van der Waals surface area contributed by atoms with Gasteiger partial charge in [0, 0.05) is 13.1 Å². The Morgan fingerprint density at radius 2 is 2.00 bits per heavy atom. The standard InChI is InChI=1S/C14H19F2N3.HI/c1-9(10-6-7-12(15)13(16)8-10)18-14(17-2)19-11-4-3-5-11;/h6-9,11H,3-5H2,1-2H3,(H2,17,18,19);1H. The second kappa shape index (κ2) is 7.75. The molecule has 6 heteroatoms. The molecule has 1 atom stereocenters. The van der Waals surface area contributed by atoms with Crippen LogP contribution in [0.2, 0.25) is 0 Å². The molecule has 3 nitrogen and oxygen atoms in total. The summed E-state index contributed by atoms with van der Waals surface area (Å²) >= 11 is 0. The molecule has 0 radical (unpaired) electrons. The van der Waals surface area contributed by atoms with Crippen molar-refractivity contribution in [2.75, 3.05) is 7.05 Å². The highest BCUT2D eigenvalue weighted by Crippen LogP contribution is 2.19. The van der Waals surface area contributed by atoms with E-state index >= 15 is 0 Å². The molecule has 1 saturated carbocycles. The Morgan fingerprint density at radius 3 is 2.50 bits per heavy atom. The molecule has 0 aromatic heterocycles. The zero-order valence-corrected chi connectivity index (χ0v) is 13.9. The predicted molar refractivity (Wildman–Crippen MR) is 87.5 cm³/mol. The van der Waals surface area contributed by atoms with E-state index in [9.17, 15) is 8.78 Å². The Bertz CT molecular complexity index is 475. The van der Waals surface area contributed by atoms with E-state index in [1.54, 1.807) is 13.1 Å². The second-order valence-corrected chi connectivity index (χ2v) is 4.88. The van der Waals surface area contributed by atoms with Gasteiger partial charge in [-0.3, -0.25) is 4.99 Å². The third kappa shape index (κ3) is 4.29. The van der Waals surface area contributed by atoms with Gasteiger partial charge in [-0.25, -0.2) is 8.78 Å². The lowest BCUT2D eigenvalue weighted by atomic mass is 9.93. The Morgan fingerprint density at radius 1 is 1.30 bits per heavy atom. The van der Waals surface area contributed by atoms with Gasteiger partial charge in [0.2, 0.25) is 0 Å². The molecule has 1 unspecified atom stereocenters. The van der Waals surface area contributed by atoms with Crippen LogP contribution in [0.25, 0.3) is 0 Å². The van der Waals surface area contributed by atoms with Crippen LogP contribution in [0.4, 0.5) is 8.78 Å². The van der Waals surface area contributed by atoms with E-state index in [4.69, 9.17) is 0 Å². The van der Waals surface area contributed by atoms with Crippen LogP contribution in [-0.4, -0.2) is 19.0 Å². The SMILES string of the molecule is CN=C(NC1CCC1)NC(C)c1ccc(F)c(F)c1.I. The maximum absolute atomic E-state index is 13.2. The minimum atomic E-state index is -0.826. The number of hydrogen-bond donors (Lipinski definition) is 2. The first kappa shape index (κ1) is 17.1. The van der Waals surface area contributed by atoms with Gasteiger partial charge in [0.15, 0.2) is 17.6 Å². The average molecular weight is 395 g/mol. The van der Waals surface area contributed by atoms with Gasteiger partial charge in [-0.2, -0.15) is 0 Å². The van der Waals surface area contributed by atoms with E-state index in [2.05, 4.69) is 15.6 Å². The molecule has 1 fully saturated rings. The van der Waals surface area contributed by atoms with Crippen molar-refractivity contribution in [1.82, 2.24) is 10.6 Å². The van der Waals surface area contributed by atoms with Gasteiger partial charge in [0.05, 0.1) is 6.04 Å². The molecule has 20 heavy (non-hydrogen) atoms. The fourth-order valence-electron chi connectivity index (χ4n) is 1.99. The normalized spacial score (nSPS) is 16.9. The second-order valence-electron chi connectivity index (χ2n) is 4.88. The van der Waals surface area contributed by atoms with Crippen LogP contribution >= 0.6 is 24.0 Å². The van der Waals surface area contributed by atoms with E-state index in [1.807, 2.05) is 6.92 Å². The van der Waals surface area contributed by atoms with Gasteiger partial charge in [0.25, 0.3) is 0 Å². The van der Waals surface area contributed by atoms with Crippen molar-refractivity contribution < 1.29 is 8.78 Å². The minimum Gasteiger partial charge on any atom is -0.354 e. The van der Waals surface area contributed by atoms with E-state index in [0.717, 1.165) is 18.9 Å². The summed E-state index contributed by atoms with van der Waals surface area (Å²) in [6.07, 6.45) is 3.55. The van der Waals surface area contributed by atoms with Gasteiger partial charge in [-0.1, -0.05) is 6.07 Å². The molecule has 0 spiro atoms. The van der Waals surface area contributed by atoms with Crippen molar-refractivity contribution in [3.05, 3.63) is 35.4 Å². The quantitative estimate of drug-likeness (QED) is 0.468. The highest BCUT2D eigenvalue weighted by Gasteiger charge is 2.19. The Balaban J connectivity index is 0.00000200. The smallest absolute Gasteiger partial charge is 0.191 e. The topological polar surface area (TPSA) is 36.4 Å². The summed E-state index contributed by atoms with van der Waals surface area (Å²) < 4.78 is 26.1. The molecule has 1 aromatic carbocycles. The average Bonchev–Trinajstić information content (AvgIpc) is 2.35. The van der Waals surface area contributed by atoms with Crippen LogP contribution < -0.4 is 10.6 Å². The van der Waals surface area contributed by atoms with Gasteiger partial charge in [0.1, 0.15) is 0 Å². The Kier molecular flexibility index (Phi) is 6.64. The molecule has 1 aliphatic rings. The van der Waals surface area contributed by atoms with Crippen LogP contribution in [0.3, 0.4) is 0 Å². The van der Waals surface area contributed by atoms with Crippen LogP contribution in [0.1, 0.15) is 37.8 Å². The summed E-state index contributed by atoms with van der Waals surface area (Å²) in [6, 6.07) is 4.27. The van der Waals surface area contributed by atoms with Crippen LogP contribution in [0.5, 0.6) is 0 Å². The third-order valence-electron chi connectivity index (χ3n) is 3.47. The molecule has 1 aliphatic carbocycles. The number of rotatable bonds is 3. The first-order valence-corrected chi connectivity index (χ1v) is 6.55. The minimum absolute atomic E-state index is 0. The lowest BCUT2D eigenvalue weighted by molar-refractivity contribution is 0.378. The van der Waals surface area contributed by atoms with Crippen LogP contribution in [-0.2, 0) is 0 Å². The first-order valence-electron chi connectivity index (χ1n) is 6.55. The van der Waals surface area contributed by atoms with Gasteiger partial charge in [-0.05, 0) is 43.9 Å². The Hall–Kier alpha value is -0.920. The summed E-state index contributed by atoms with van der Waals surface area (Å²) in [5, 5.41) is 6.48. The van der Waals surface area contributed by atoms with Crippen molar-refractivity contribution in [1.29, 1.82) is 0 Å². The largest absolute Gasteiger partial charge is 0.354 e. The fourth-order valence-corrected chi connectivity index (χ4v) is 1.99. The number of nitrogens with one attached hydrogen (secondary N) is 2. The summed E-state index contributed by atoms with van der Waals surface area (Å²) in [5.74, 6) is -0.956. The molecule has 0 aliphatic heterocycles. The highest BCUT2D eigenvalue weighted by atomic mass is 127. The van der Waals surface area contributed by atoms with Crippen LogP contribution in [0, 0.1) is 11.6 Å². The van der Waals surface area contributed by atoms with E-state index < -0.39 is 11.6 Å². The first-order chi connectivity index (χ1) is 9.10. The zero-order chi connectivity index (χ0) is 13.8. The molecule has 0 heterocycles. The summed E-state index contributed by atoms with van der Waals surface area (Å²) in [5.41, 5.74) is 0.690. The number of benzene rings is 1. The lowest BCUT2D eigenvalue weighted by Gasteiger charge is -2.29. The number of aliphatic imine (C=N–C) groups is 1. The summed E-state index contributed by atoms with van der Waals surface area (Å²) in [6.45, 7) is 1.89. The van der Waals surface area contributed by atoms with Crippen molar-refractivity contribution >= 4 is 29.9 Å². The Labute approximate surface area is 135 Å². The molecular weight excluding hydrogens is 375 g/mol. The van der Waals surface area contributed by atoms with Crippen molar-refractivity contribution in [3.8, 4) is 0 Å². The fraction of sp³-hybridized carbons (Fsp3) is 0.500. The summed E-state index contributed by atoms with van der Waals surface area (Å²) in [7, 11) is 1.70. The molecule has 0 amide bonds.